The van der Waals surface area contributed by atoms with Crippen LogP contribution in [0.25, 0.3) is 10.9 Å². The highest BCUT2D eigenvalue weighted by Crippen LogP contribution is 2.36. The second kappa shape index (κ2) is 10.1. The van der Waals surface area contributed by atoms with Crippen molar-refractivity contribution in [1.82, 2.24) is 20.3 Å². The van der Waals surface area contributed by atoms with Crippen LogP contribution >= 0.6 is 11.6 Å². The van der Waals surface area contributed by atoms with E-state index in [1.165, 1.54) is 12.4 Å². The molecule has 2 aromatic heterocycles. The summed E-state index contributed by atoms with van der Waals surface area (Å²) in [6.07, 6.45) is 4.07. The number of nitro groups is 1. The van der Waals surface area contributed by atoms with Gasteiger partial charge < -0.3 is 20.1 Å². The molecule has 1 aliphatic rings. The van der Waals surface area contributed by atoms with Crippen molar-refractivity contribution in [2.75, 3.05) is 18.5 Å². The molecule has 1 fully saturated rings. The third-order valence-electron chi connectivity index (χ3n) is 5.57. The second-order valence-electron chi connectivity index (χ2n) is 7.95. The molecule has 1 aliphatic heterocycles. The number of rotatable bonds is 9. The van der Waals surface area contributed by atoms with Crippen LogP contribution < -0.4 is 20.1 Å². The van der Waals surface area contributed by atoms with Gasteiger partial charge in [-0.25, -0.2) is 9.97 Å². The SMILES string of the molecule is O=[N+]([O-])c1cc2c(Nc3ccc(OCc4ccccn4)c(Cl)c3)ncnc2cc1OCC1CCN1. The van der Waals surface area contributed by atoms with Gasteiger partial charge in [0.2, 0.25) is 0 Å². The summed E-state index contributed by atoms with van der Waals surface area (Å²) in [5.41, 5.74) is 1.79. The molecule has 1 unspecified atom stereocenters. The molecular formula is C24H21ClN6O4. The minimum absolute atomic E-state index is 0.147. The first-order chi connectivity index (χ1) is 17.1. The van der Waals surface area contributed by atoms with Gasteiger partial charge in [0.15, 0.2) is 5.75 Å². The predicted octanol–water partition coefficient (Wildman–Crippen LogP) is 4.65. The van der Waals surface area contributed by atoms with Gasteiger partial charge >= 0.3 is 5.69 Å². The van der Waals surface area contributed by atoms with Gasteiger partial charge in [-0.1, -0.05) is 17.7 Å². The fraction of sp³-hybridized carbons (Fsp3) is 0.208. The Labute approximate surface area is 205 Å². The zero-order chi connectivity index (χ0) is 24.2. The van der Waals surface area contributed by atoms with Gasteiger partial charge in [-0.2, -0.15) is 0 Å². The fourth-order valence-corrected chi connectivity index (χ4v) is 3.81. The van der Waals surface area contributed by atoms with E-state index in [2.05, 4.69) is 25.6 Å². The number of nitro benzene ring substituents is 1. The van der Waals surface area contributed by atoms with Crippen LogP contribution in [0.15, 0.2) is 61.1 Å². The number of hydrogen-bond acceptors (Lipinski definition) is 9. The van der Waals surface area contributed by atoms with Gasteiger partial charge in [-0.15, -0.1) is 0 Å². The van der Waals surface area contributed by atoms with E-state index >= 15 is 0 Å². The quantitative estimate of drug-likeness (QED) is 0.253. The third-order valence-corrected chi connectivity index (χ3v) is 5.87. The summed E-state index contributed by atoms with van der Waals surface area (Å²) in [4.78, 5) is 24.0. The zero-order valence-corrected chi connectivity index (χ0v) is 19.2. The Balaban J connectivity index is 1.36. The van der Waals surface area contributed by atoms with Gasteiger partial charge in [0.1, 0.15) is 31.1 Å². The second-order valence-corrected chi connectivity index (χ2v) is 8.35. The Hall–Kier alpha value is -4.02. The Bertz CT molecular complexity index is 1370. The molecule has 0 spiro atoms. The number of pyridine rings is 1. The summed E-state index contributed by atoms with van der Waals surface area (Å²) in [5.74, 6) is 1.09. The molecule has 0 aliphatic carbocycles. The molecule has 178 valence electrons. The van der Waals surface area contributed by atoms with Crippen LogP contribution in [0.2, 0.25) is 5.02 Å². The smallest absolute Gasteiger partial charge is 0.311 e. The average Bonchev–Trinajstić information content (AvgIpc) is 2.83. The topological polar surface area (TPSA) is 124 Å². The molecule has 2 N–H and O–H groups in total. The van der Waals surface area contributed by atoms with Crippen LogP contribution in [-0.4, -0.2) is 39.1 Å². The lowest BCUT2D eigenvalue weighted by molar-refractivity contribution is -0.385. The van der Waals surface area contributed by atoms with Gasteiger partial charge in [0.25, 0.3) is 0 Å². The van der Waals surface area contributed by atoms with Crippen molar-refractivity contribution in [2.24, 2.45) is 0 Å². The summed E-state index contributed by atoms with van der Waals surface area (Å²) in [7, 11) is 0. The number of anilines is 2. The number of aromatic nitrogens is 3. The monoisotopic (exact) mass is 492 g/mol. The molecule has 2 aromatic carbocycles. The molecule has 5 rings (SSSR count). The highest BCUT2D eigenvalue weighted by atomic mass is 35.5. The Morgan fingerprint density at radius 2 is 2.00 bits per heavy atom. The highest BCUT2D eigenvalue weighted by molar-refractivity contribution is 6.32. The average molecular weight is 493 g/mol. The molecule has 35 heavy (non-hydrogen) atoms. The largest absolute Gasteiger partial charge is 0.486 e. The van der Waals surface area contributed by atoms with Gasteiger partial charge in [0.05, 0.1) is 26.5 Å². The number of ether oxygens (including phenoxy) is 2. The van der Waals surface area contributed by atoms with Crippen LogP contribution in [0.3, 0.4) is 0 Å². The van der Waals surface area contributed by atoms with Crippen molar-refractivity contribution < 1.29 is 14.4 Å². The van der Waals surface area contributed by atoms with Crippen LogP contribution in [0.5, 0.6) is 11.5 Å². The lowest BCUT2D eigenvalue weighted by Gasteiger charge is -2.27. The Morgan fingerprint density at radius 1 is 1.11 bits per heavy atom. The summed E-state index contributed by atoms with van der Waals surface area (Å²) in [5, 5.41) is 19.0. The Morgan fingerprint density at radius 3 is 2.71 bits per heavy atom. The number of halogens is 1. The van der Waals surface area contributed by atoms with Crippen molar-refractivity contribution in [1.29, 1.82) is 0 Å². The fourth-order valence-electron chi connectivity index (χ4n) is 3.58. The third kappa shape index (κ3) is 5.23. The molecule has 0 bridgehead atoms. The maximum atomic E-state index is 11.7. The van der Waals surface area contributed by atoms with E-state index in [-0.39, 0.29) is 24.1 Å². The van der Waals surface area contributed by atoms with E-state index in [1.54, 1.807) is 30.5 Å². The van der Waals surface area contributed by atoms with Crippen molar-refractivity contribution in [3.05, 3.63) is 81.9 Å². The number of hydrogen-bond donors (Lipinski definition) is 2. The van der Waals surface area contributed by atoms with Crippen LogP contribution in [0.4, 0.5) is 17.2 Å². The number of nitrogens with zero attached hydrogens (tertiary/aromatic N) is 4. The van der Waals surface area contributed by atoms with Gasteiger partial charge in [-0.3, -0.25) is 15.1 Å². The zero-order valence-electron chi connectivity index (χ0n) is 18.5. The summed E-state index contributed by atoms with van der Waals surface area (Å²) in [6, 6.07) is 14.0. The van der Waals surface area contributed by atoms with E-state index in [0.29, 0.717) is 39.8 Å². The van der Waals surface area contributed by atoms with Crippen molar-refractivity contribution in [3.8, 4) is 11.5 Å². The molecule has 0 amide bonds. The lowest BCUT2D eigenvalue weighted by atomic mass is 10.1. The van der Waals surface area contributed by atoms with Crippen LogP contribution in [0, 0.1) is 10.1 Å². The van der Waals surface area contributed by atoms with E-state index < -0.39 is 4.92 Å². The van der Waals surface area contributed by atoms with Crippen LogP contribution in [-0.2, 0) is 6.61 Å². The molecule has 0 saturated carbocycles. The van der Waals surface area contributed by atoms with E-state index in [9.17, 15) is 10.1 Å². The number of benzene rings is 2. The predicted molar refractivity (Wildman–Crippen MR) is 131 cm³/mol. The van der Waals surface area contributed by atoms with Crippen molar-refractivity contribution >= 4 is 39.7 Å². The molecule has 1 saturated heterocycles. The van der Waals surface area contributed by atoms with Crippen molar-refractivity contribution in [2.45, 2.75) is 19.1 Å². The van der Waals surface area contributed by atoms with Gasteiger partial charge in [0, 0.05) is 30.1 Å². The number of fused-ring (bicyclic) bond motifs is 1. The molecule has 3 heterocycles. The van der Waals surface area contributed by atoms with E-state index in [1.807, 2.05) is 18.2 Å². The maximum Gasteiger partial charge on any atom is 0.311 e. The summed E-state index contributed by atoms with van der Waals surface area (Å²) < 4.78 is 11.5. The summed E-state index contributed by atoms with van der Waals surface area (Å²) in [6.45, 7) is 1.57. The minimum Gasteiger partial charge on any atom is -0.486 e. The molecule has 11 heteroatoms. The molecule has 4 aromatic rings. The number of nitrogens with one attached hydrogen (secondary N) is 2. The minimum atomic E-state index is -0.468. The van der Waals surface area contributed by atoms with Gasteiger partial charge in [-0.05, 0) is 43.3 Å². The molecule has 0 radical (unpaired) electrons. The Kier molecular flexibility index (Phi) is 6.55. The van der Waals surface area contributed by atoms with E-state index in [0.717, 1.165) is 18.7 Å². The van der Waals surface area contributed by atoms with E-state index in [4.69, 9.17) is 21.1 Å². The molecular weight excluding hydrogens is 472 g/mol. The molecule has 10 nitrogen and oxygen atoms in total. The van der Waals surface area contributed by atoms with Crippen LogP contribution in [0.1, 0.15) is 12.1 Å². The first-order valence-corrected chi connectivity index (χ1v) is 11.3. The molecule has 1 atom stereocenters. The maximum absolute atomic E-state index is 11.7. The van der Waals surface area contributed by atoms with Crippen molar-refractivity contribution in [3.63, 3.8) is 0 Å². The first kappa shape index (κ1) is 22.8. The first-order valence-electron chi connectivity index (χ1n) is 11.0. The summed E-state index contributed by atoms with van der Waals surface area (Å²) >= 11 is 6.42. The highest BCUT2D eigenvalue weighted by Gasteiger charge is 2.22. The standard InChI is InChI=1S/C24H21ClN6O4/c25-19-9-15(4-5-22(19)34-12-16-3-1-2-7-26-16)30-24-18-10-21(31(32)33)23(11-20(18)28-14-29-24)35-13-17-6-8-27-17/h1-5,7,9-11,14,17,27H,6,8,12-13H2,(H,28,29,30). The normalized spacial score (nSPS) is 14.8. The lowest BCUT2D eigenvalue weighted by Crippen LogP contribution is -2.46.